The zero-order chi connectivity index (χ0) is 15.5. The molecule has 1 heterocycles. The molecule has 0 radical (unpaired) electrons. The molecule has 2 aromatic rings. The number of sulfone groups is 1. The van der Waals surface area contributed by atoms with Crippen LogP contribution < -0.4 is 4.72 Å². The Bertz CT molecular complexity index is 795. The maximum Gasteiger partial charge on any atom is 0.233 e. The van der Waals surface area contributed by atoms with E-state index in [1.807, 2.05) is 0 Å². The third kappa shape index (κ3) is 4.87. The number of H-pyrrole nitrogens is 1. The predicted octanol–water partition coefficient (Wildman–Crippen LogP) is 0.863. The van der Waals surface area contributed by atoms with E-state index in [9.17, 15) is 16.8 Å². The molecule has 0 aliphatic rings. The standard InChI is InChI=1S/C12H15N3O4S2/c1-20(16,17)8-9-21(18,19)15-11-4-2-10(3-5-11)12-6-7-13-14-12/h2-7,15H,8-9H2,1H3,(H,13,14). The average molecular weight is 329 g/mol. The molecule has 0 saturated carbocycles. The Kier molecular flexibility index (Phi) is 4.33. The van der Waals surface area contributed by atoms with E-state index in [0.29, 0.717) is 5.69 Å². The van der Waals surface area contributed by atoms with Crippen molar-refractivity contribution >= 4 is 25.5 Å². The van der Waals surface area contributed by atoms with Crippen LogP contribution in [0.25, 0.3) is 11.3 Å². The van der Waals surface area contributed by atoms with Gasteiger partial charge in [0.1, 0.15) is 9.84 Å². The Morgan fingerprint density at radius 3 is 2.24 bits per heavy atom. The fraction of sp³-hybridized carbons (Fsp3) is 0.250. The fourth-order valence-corrected chi connectivity index (χ4v) is 4.31. The van der Waals surface area contributed by atoms with Gasteiger partial charge in [0, 0.05) is 18.1 Å². The highest BCUT2D eigenvalue weighted by molar-refractivity contribution is 7.95. The second-order valence-electron chi connectivity index (χ2n) is 4.60. The minimum absolute atomic E-state index is 0.381. The summed E-state index contributed by atoms with van der Waals surface area (Å²) in [6, 6.07) is 8.48. The minimum Gasteiger partial charge on any atom is -0.284 e. The molecule has 1 aromatic carbocycles. The molecule has 1 aromatic heterocycles. The predicted molar refractivity (Wildman–Crippen MR) is 81.1 cm³/mol. The van der Waals surface area contributed by atoms with Crippen LogP contribution in [0.15, 0.2) is 36.5 Å². The van der Waals surface area contributed by atoms with Crippen molar-refractivity contribution in [3.05, 3.63) is 36.5 Å². The third-order valence-corrected chi connectivity index (χ3v) is 5.19. The normalized spacial score (nSPS) is 12.2. The summed E-state index contributed by atoms with van der Waals surface area (Å²) in [5.74, 6) is -0.872. The molecule has 2 N–H and O–H groups in total. The first kappa shape index (κ1) is 15.5. The van der Waals surface area contributed by atoms with E-state index in [0.717, 1.165) is 17.5 Å². The van der Waals surface area contributed by atoms with Crippen molar-refractivity contribution in [3.8, 4) is 11.3 Å². The summed E-state index contributed by atoms with van der Waals surface area (Å²) in [4.78, 5) is 0. The largest absolute Gasteiger partial charge is 0.284 e. The summed E-state index contributed by atoms with van der Waals surface area (Å²) in [6.45, 7) is 0. The molecule has 0 aliphatic heterocycles. The number of sulfonamides is 1. The topological polar surface area (TPSA) is 109 Å². The van der Waals surface area contributed by atoms with Crippen molar-refractivity contribution in [2.45, 2.75) is 0 Å². The SMILES string of the molecule is CS(=O)(=O)CCS(=O)(=O)Nc1ccc(-c2ccn[nH]2)cc1. The Balaban J connectivity index is 2.06. The van der Waals surface area contributed by atoms with Gasteiger partial charge in [0.25, 0.3) is 0 Å². The lowest BCUT2D eigenvalue weighted by molar-refractivity contribution is 0.593. The van der Waals surface area contributed by atoms with Gasteiger partial charge in [-0.25, -0.2) is 16.8 Å². The molecular formula is C12H15N3O4S2. The van der Waals surface area contributed by atoms with E-state index in [-0.39, 0.29) is 0 Å². The molecule has 114 valence electrons. The van der Waals surface area contributed by atoms with Crippen LogP contribution in [0, 0.1) is 0 Å². The van der Waals surface area contributed by atoms with Gasteiger partial charge in [-0.05, 0) is 23.8 Å². The number of nitrogens with zero attached hydrogens (tertiary/aromatic N) is 1. The maximum absolute atomic E-state index is 11.8. The van der Waals surface area contributed by atoms with E-state index < -0.39 is 31.4 Å². The lowest BCUT2D eigenvalue weighted by atomic mass is 10.1. The molecule has 0 saturated heterocycles. The number of hydrogen-bond acceptors (Lipinski definition) is 5. The highest BCUT2D eigenvalue weighted by Gasteiger charge is 2.14. The maximum atomic E-state index is 11.8. The van der Waals surface area contributed by atoms with E-state index >= 15 is 0 Å². The number of rotatable bonds is 6. The Hall–Kier alpha value is -1.87. The fourth-order valence-electron chi connectivity index (χ4n) is 1.63. The highest BCUT2D eigenvalue weighted by Crippen LogP contribution is 2.19. The summed E-state index contributed by atoms with van der Waals surface area (Å²) in [5, 5.41) is 6.64. The van der Waals surface area contributed by atoms with Gasteiger partial charge >= 0.3 is 0 Å². The molecule has 0 spiro atoms. The first-order valence-corrected chi connectivity index (χ1v) is 9.74. The highest BCUT2D eigenvalue weighted by atomic mass is 32.2. The van der Waals surface area contributed by atoms with Crippen LogP contribution >= 0.6 is 0 Å². The average Bonchev–Trinajstić information content (AvgIpc) is 2.90. The summed E-state index contributed by atoms with van der Waals surface area (Å²) in [6.07, 6.45) is 2.62. The van der Waals surface area contributed by atoms with Crippen LogP contribution in [-0.4, -0.2) is 44.8 Å². The monoisotopic (exact) mass is 329 g/mol. The van der Waals surface area contributed by atoms with E-state index in [1.165, 1.54) is 0 Å². The molecule has 0 unspecified atom stereocenters. The Morgan fingerprint density at radius 1 is 1.05 bits per heavy atom. The second kappa shape index (κ2) is 5.86. The van der Waals surface area contributed by atoms with Crippen LogP contribution in [-0.2, 0) is 19.9 Å². The molecule has 0 aliphatic carbocycles. The quantitative estimate of drug-likeness (QED) is 0.817. The van der Waals surface area contributed by atoms with Crippen molar-refractivity contribution in [3.63, 3.8) is 0 Å². The zero-order valence-corrected chi connectivity index (χ0v) is 12.9. The van der Waals surface area contributed by atoms with Crippen molar-refractivity contribution in [2.24, 2.45) is 0 Å². The number of benzene rings is 1. The van der Waals surface area contributed by atoms with Gasteiger partial charge in [-0.2, -0.15) is 5.10 Å². The van der Waals surface area contributed by atoms with Gasteiger partial charge in [-0.3, -0.25) is 9.82 Å². The summed E-state index contributed by atoms with van der Waals surface area (Å²) < 4.78 is 47.9. The molecule has 7 nitrogen and oxygen atoms in total. The number of nitrogens with one attached hydrogen (secondary N) is 2. The van der Waals surface area contributed by atoms with Gasteiger partial charge in [-0.1, -0.05) is 12.1 Å². The van der Waals surface area contributed by atoms with Gasteiger partial charge in [0.05, 0.1) is 17.2 Å². The number of aromatic amines is 1. The van der Waals surface area contributed by atoms with Crippen molar-refractivity contribution in [1.29, 1.82) is 0 Å². The van der Waals surface area contributed by atoms with Crippen molar-refractivity contribution in [1.82, 2.24) is 10.2 Å². The first-order chi connectivity index (χ1) is 9.75. The number of hydrogen-bond donors (Lipinski definition) is 2. The van der Waals surface area contributed by atoms with Crippen LogP contribution in [0.3, 0.4) is 0 Å². The third-order valence-electron chi connectivity index (χ3n) is 2.69. The first-order valence-electron chi connectivity index (χ1n) is 6.03. The minimum atomic E-state index is -3.68. The van der Waals surface area contributed by atoms with Gasteiger partial charge in [0.2, 0.25) is 10.0 Å². The van der Waals surface area contributed by atoms with Gasteiger partial charge in [-0.15, -0.1) is 0 Å². The van der Waals surface area contributed by atoms with Crippen molar-refractivity contribution in [2.75, 3.05) is 22.5 Å². The molecular weight excluding hydrogens is 314 g/mol. The second-order valence-corrected chi connectivity index (χ2v) is 8.70. The molecule has 2 rings (SSSR count). The van der Waals surface area contributed by atoms with Crippen LogP contribution in [0.1, 0.15) is 0 Å². The molecule has 9 heteroatoms. The molecule has 0 bridgehead atoms. The molecule has 0 amide bonds. The smallest absolute Gasteiger partial charge is 0.233 e. The summed E-state index contributed by atoms with van der Waals surface area (Å²) >= 11 is 0. The number of anilines is 1. The van der Waals surface area contributed by atoms with E-state index in [2.05, 4.69) is 14.9 Å². The number of aromatic nitrogens is 2. The zero-order valence-electron chi connectivity index (χ0n) is 11.3. The lowest BCUT2D eigenvalue weighted by Gasteiger charge is -2.08. The Labute approximate surface area is 123 Å². The van der Waals surface area contributed by atoms with Crippen LogP contribution in [0.2, 0.25) is 0 Å². The van der Waals surface area contributed by atoms with Crippen LogP contribution in [0.4, 0.5) is 5.69 Å². The molecule has 0 atom stereocenters. The van der Waals surface area contributed by atoms with Crippen LogP contribution in [0.5, 0.6) is 0 Å². The Morgan fingerprint density at radius 2 is 1.71 bits per heavy atom. The lowest BCUT2D eigenvalue weighted by Crippen LogP contribution is -2.22. The molecule has 21 heavy (non-hydrogen) atoms. The van der Waals surface area contributed by atoms with Gasteiger partial charge < -0.3 is 0 Å². The summed E-state index contributed by atoms with van der Waals surface area (Å²) in [7, 11) is -7.00. The molecule has 0 fully saturated rings. The van der Waals surface area contributed by atoms with Gasteiger partial charge in [0.15, 0.2) is 0 Å². The van der Waals surface area contributed by atoms with E-state index in [1.54, 1.807) is 36.5 Å². The summed E-state index contributed by atoms with van der Waals surface area (Å²) in [5.41, 5.74) is 2.07. The van der Waals surface area contributed by atoms with E-state index in [4.69, 9.17) is 0 Å². The van der Waals surface area contributed by atoms with Crippen molar-refractivity contribution < 1.29 is 16.8 Å².